The minimum atomic E-state index is -3.70. The number of carbonyl (C=O) groups is 1. The fraction of sp³-hybridized carbons (Fsp3) is 0.235. The molecular formula is C17H18Cl2N2O4S. The van der Waals surface area contributed by atoms with E-state index in [0.29, 0.717) is 33.8 Å². The first-order valence-electron chi connectivity index (χ1n) is 7.66. The van der Waals surface area contributed by atoms with Gasteiger partial charge in [-0.3, -0.25) is 9.10 Å². The van der Waals surface area contributed by atoms with Crippen LogP contribution in [0.4, 0.5) is 11.4 Å². The highest BCUT2D eigenvalue weighted by molar-refractivity contribution is 7.92. The molecule has 0 heterocycles. The van der Waals surface area contributed by atoms with Crippen LogP contribution in [0.3, 0.4) is 0 Å². The minimum Gasteiger partial charge on any atom is -0.494 e. The number of nitrogens with one attached hydrogen (secondary N) is 1. The topological polar surface area (TPSA) is 75.7 Å². The number of sulfonamides is 1. The third-order valence-corrected chi connectivity index (χ3v) is 5.01. The third kappa shape index (κ3) is 5.52. The van der Waals surface area contributed by atoms with Gasteiger partial charge < -0.3 is 10.1 Å². The Labute approximate surface area is 162 Å². The Morgan fingerprint density at radius 3 is 2.58 bits per heavy atom. The highest BCUT2D eigenvalue weighted by atomic mass is 35.5. The first kappa shape index (κ1) is 20.4. The van der Waals surface area contributed by atoms with E-state index in [1.807, 2.05) is 6.92 Å². The summed E-state index contributed by atoms with van der Waals surface area (Å²) >= 11 is 11.9. The van der Waals surface area contributed by atoms with Gasteiger partial charge in [0.25, 0.3) is 0 Å². The predicted octanol–water partition coefficient (Wildman–Crippen LogP) is 3.80. The van der Waals surface area contributed by atoms with Crippen LogP contribution < -0.4 is 14.4 Å². The van der Waals surface area contributed by atoms with Crippen molar-refractivity contribution in [2.24, 2.45) is 0 Å². The largest absolute Gasteiger partial charge is 0.494 e. The number of rotatable bonds is 7. The molecule has 0 aliphatic heterocycles. The molecule has 2 rings (SSSR count). The molecule has 26 heavy (non-hydrogen) atoms. The van der Waals surface area contributed by atoms with Gasteiger partial charge in [0, 0.05) is 11.1 Å². The molecule has 1 N–H and O–H groups in total. The third-order valence-electron chi connectivity index (χ3n) is 3.31. The lowest BCUT2D eigenvalue weighted by Crippen LogP contribution is -2.37. The maximum atomic E-state index is 12.4. The molecule has 0 aromatic heterocycles. The molecule has 0 saturated carbocycles. The molecule has 140 valence electrons. The number of ether oxygens (including phenoxy) is 1. The molecule has 9 heteroatoms. The van der Waals surface area contributed by atoms with E-state index < -0.39 is 22.5 Å². The van der Waals surface area contributed by atoms with Crippen LogP contribution in [0.1, 0.15) is 6.92 Å². The number of anilines is 2. The van der Waals surface area contributed by atoms with E-state index in [2.05, 4.69) is 5.32 Å². The van der Waals surface area contributed by atoms with Gasteiger partial charge in [-0.1, -0.05) is 29.3 Å². The Hall–Kier alpha value is -1.96. The van der Waals surface area contributed by atoms with Crippen molar-refractivity contribution in [2.45, 2.75) is 6.92 Å². The summed E-state index contributed by atoms with van der Waals surface area (Å²) < 4.78 is 30.7. The molecule has 0 aliphatic rings. The van der Waals surface area contributed by atoms with Gasteiger partial charge in [0.1, 0.15) is 12.3 Å². The lowest BCUT2D eigenvalue weighted by molar-refractivity contribution is -0.114. The number of amides is 1. The summed E-state index contributed by atoms with van der Waals surface area (Å²) in [7, 11) is -3.70. The quantitative estimate of drug-likeness (QED) is 0.744. The molecule has 6 nitrogen and oxygen atoms in total. The van der Waals surface area contributed by atoms with Gasteiger partial charge in [0.2, 0.25) is 15.9 Å². The van der Waals surface area contributed by atoms with Crippen LogP contribution in [0.25, 0.3) is 0 Å². The van der Waals surface area contributed by atoms with Gasteiger partial charge in [-0.25, -0.2) is 8.42 Å². The molecule has 0 radical (unpaired) electrons. The fourth-order valence-corrected chi connectivity index (χ4v) is 3.39. The van der Waals surface area contributed by atoms with Crippen LogP contribution in [0, 0.1) is 0 Å². The highest BCUT2D eigenvalue weighted by Gasteiger charge is 2.22. The molecule has 0 atom stereocenters. The number of carbonyl (C=O) groups excluding carboxylic acids is 1. The molecule has 1 amide bonds. The first-order valence-corrected chi connectivity index (χ1v) is 10.3. The average molecular weight is 417 g/mol. The summed E-state index contributed by atoms with van der Waals surface area (Å²) in [5.41, 5.74) is 0.631. The van der Waals surface area contributed by atoms with Crippen molar-refractivity contribution in [3.63, 3.8) is 0 Å². The number of benzene rings is 2. The minimum absolute atomic E-state index is 0.298. The number of nitrogens with zero attached hydrogens (tertiary/aromatic N) is 1. The first-order chi connectivity index (χ1) is 12.2. The molecule has 0 saturated heterocycles. The summed E-state index contributed by atoms with van der Waals surface area (Å²) in [5.74, 6) is -0.0432. The van der Waals surface area contributed by atoms with E-state index in [-0.39, 0.29) is 0 Å². The molecule has 0 fully saturated rings. The summed E-state index contributed by atoms with van der Waals surface area (Å²) in [4.78, 5) is 12.4. The van der Waals surface area contributed by atoms with Gasteiger partial charge in [0.05, 0.1) is 29.3 Å². The fourth-order valence-electron chi connectivity index (χ4n) is 2.21. The second-order valence-corrected chi connectivity index (χ2v) is 8.12. The maximum Gasteiger partial charge on any atom is 0.245 e. The standard InChI is InChI=1S/C17H18Cl2N2O4S/c1-3-25-14-6-4-5-13(10-14)21(26(2,23)24)11-17(22)20-16-9-12(18)7-8-15(16)19/h4-10H,3,11H2,1-2H3,(H,20,22). The van der Waals surface area contributed by atoms with E-state index in [0.717, 1.165) is 10.6 Å². The van der Waals surface area contributed by atoms with Crippen LogP contribution in [0.15, 0.2) is 42.5 Å². The van der Waals surface area contributed by atoms with Crippen molar-refractivity contribution < 1.29 is 17.9 Å². The van der Waals surface area contributed by atoms with Crippen molar-refractivity contribution in [3.8, 4) is 5.75 Å². The molecule has 0 aliphatic carbocycles. The van der Waals surface area contributed by atoms with Crippen molar-refractivity contribution in [3.05, 3.63) is 52.5 Å². The van der Waals surface area contributed by atoms with Gasteiger partial charge >= 0.3 is 0 Å². The van der Waals surface area contributed by atoms with Crippen molar-refractivity contribution in [2.75, 3.05) is 29.0 Å². The van der Waals surface area contributed by atoms with Crippen LogP contribution in [0.5, 0.6) is 5.75 Å². The molecule has 2 aromatic rings. The highest BCUT2D eigenvalue weighted by Crippen LogP contribution is 2.26. The van der Waals surface area contributed by atoms with E-state index in [1.165, 1.54) is 6.07 Å². The molecule has 0 unspecified atom stereocenters. The smallest absolute Gasteiger partial charge is 0.245 e. The van der Waals surface area contributed by atoms with Gasteiger partial charge in [0.15, 0.2) is 0 Å². The van der Waals surface area contributed by atoms with E-state index >= 15 is 0 Å². The Morgan fingerprint density at radius 1 is 1.19 bits per heavy atom. The van der Waals surface area contributed by atoms with E-state index in [1.54, 1.807) is 36.4 Å². The molecule has 0 spiro atoms. The van der Waals surface area contributed by atoms with Crippen molar-refractivity contribution in [1.29, 1.82) is 0 Å². The van der Waals surface area contributed by atoms with Crippen LogP contribution in [-0.2, 0) is 14.8 Å². The average Bonchev–Trinajstić information content (AvgIpc) is 2.55. The zero-order chi connectivity index (χ0) is 19.3. The maximum absolute atomic E-state index is 12.4. The number of hydrogen-bond acceptors (Lipinski definition) is 4. The second-order valence-electron chi connectivity index (χ2n) is 5.37. The van der Waals surface area contributed by atoms with Gasteiger partial charge in [-0.2, -0.15) is 0 Å². The monoisotopic (exact) mass is 416 g/mol. The second kappa shape index (κ2) is 8.62. The predicted molar refractivity (Wildman–Crippen MR) is 105 cm³/mol. The number of halogens is 2. The number of hydrogen-bond donors (Lipinski definition) is 1. The van der Waals surface area contributed by atoms with Crippen molar-refractivity contribution >= 4 is 50.5 Å². The van der Waals surface area contributed by atoms with Crippen LogP contribution >= 0.6 is 23.2 Å². The summed E-state index contributed by atoms with van der Waals surface area (Å²) in [5, 5.41) is 3.27. The Kier molecular flexibility index (Phi) is 6.75. The van der Waals surface area contributed by atoms with Gasteiger partial charge in [-0.05, 0) is 37.3 Å². The van der Waals surface area contributed by atoms with Crippen LogP contribution in [0.2, 0.25) is 10.0 Å². The molecular weight excluding hydrogens is 399 g/mol. The normalized spacial score (nSPS) is 11.1. The Bertz CT molecular complexity index is 903. The SMILES string of the molecule is CCOc1cccc(N(CC(=O)Nc2cc(Cl)ccc2Cl)S(C)(=O)=O)c1. The molecule has 2 aromatic carbocycles. The zero-order valence-corrected chi connectivity index (χ0v) is 16.5. The zero-order valence-electron chi connectivity index (χ0n) is 14.2. The van der Waals surface area contributed by atoms with E-state index in [9.17, 15) is 13.2 Å². The Balaban J connectivity index is 2.24. The molecule has 0 bridgehead atoms. The summed E-state index contributed by atoms with van der Waals surface area (Å²) in [6.07, 6.45) is 1.03. The summed E-state index contributed by atoms with van der Waals surface area (Å²) in [6, 6.07) is 11.1. The summed E-state index contributed by atoms with van der Waals surface area (Å²) in [6.45, 7) is 1.84. The van der Waals surface area contributed by atoms with Crippen molar-refractivity contribution in [1.82, 2.24) is 0 Å². The lowest BCUT2D eigenvalue weighted by Gasteiger charge is -2.22. The van der Waals surface area contributed by atoms with Crippen LogP contribution in [-0.4, -0.2) is 33.7 Å². The van der Waals surface area contributed by atoms with Gasteiger partial charge in [-0.15, -0.1) is 0 Å². The van der Waals surface area contributed by atoms with E-state index in [4.69, 9.17) is 27.9 Å². The Morgan fingerprint density at radius 2 is 1.92 bits per heavy atom. The lowest BCUT2D eigenvalue weighted by atomic mass is 10.3.